The second-order valence-electron chi connectivity index (χ2n) is 7.49. The summed E-state index contributed by atoms with van der Waals surface area (Å²) in [6.45, 7) is 4.06. The Morgan fingerprint density at radius 3 is 2.66 bits per heavy atom. The van der Waals surface area contributed by atoms with Crippen LogP contribution in [0.1, 0.15) is 32.4 Å². The van der Waals surface area contributed by atoms with Gasteiger partial charge in [0.2, 0.25) is 10.0 Å². The Morgan fingerprint density at radius 1 is 1.25 bits per heavy atom. The number of fused-ring (bicyclic) bond motifs is 1. The molecular formula is C21H29N5O5S. The molecule has 11 heteroatoms. The fourth-order valence-corrected chi connectivity index (χ4v) is 4.60. The highest BCUT2D eigenvalue weighted by atomic mass is 32.2. The fourth-order valence-electron chi connectivity index (χ4n) is 3.41. The Hall–Kier alpha value is -2.76. The molecule has 174 valence electrons. The Balaban J connectivity index is 2.23. The van der Waals surface area contributed by atoms with Gasteiger partial charge < -0.3 is 14.8 Å². The van der Waals surface area contributed by atoms with Crippen LogP contribution in [0, 0.1) is 0 Å². The van der Waals surface area contributed by atoms with Crippen molar-refractivity contribution in [1.29, 1.82) is 0 Å². The number of benzene rings is 1. The number of aryl methyl sites for hydroxylation is 2. The number of aliphatic hydroxyl groups excluding tert-OH is 1. The van der Waals surface area contributed by atoms with Gasteiger partial charge in [-0.25, -0.2) is 13.4 Å². The second kappa shape index (κ2) is 9.80. The van der Waals surface area contributed by atoms with Gasteiger partial charge in [0.25, 0.3) is 5.56 Å². The van der Waals surface area contributed by atoms with Gasteiger partial charge in [-0.1, -0.05) is 20.3 Å². The molecule has 0 unspecified atom stereocenters. The molecule has 0 bridgehead atoms. The lowest BCUT2D eigenvalue weighted by atomic mass is 10.1. The zero-order chi connectivity index (χ0) is 23.5. The number of aromatic amines is 1. The van der Waals surface area contributed by atoms with Crippen LogP contribution in [0.5, 0.6) is 5.75 Å². The van der Waals surface area contributed by atoms with Crippen molar-refractivity contribution in [1.82, 2.24) is 24.1 Å². The van der Waals surface area contributed by atoms with Crippen molar-refractivity contribution in [2.24, 2.45) is 7.05 Å². The average molecular weight is 464 g/mol. The number of ether oxygens (including phenoxy) is 1. The van der Waals surface area contributed by atoms with E-state index in [1.54, 1.807) is 13.1 Å². The zero-order valence-corrected chi connectivity index (χ0v) is 19.6. The van der Waals surface area contributed by atoms with Crippen molar-refractivity contribution in [2.45, 2.75) is 38.0 Å². The maximum absolute atomic E-state index is 12.9. The number of aromatic nitrogens is 4. The summed E-state index contributed by atoms with van der Waals surface area (Å²) in [5.41, 5.74) is 1.55. The molecule has 1 aromatic carbocycles. The molecule has 3 aromatic rings. The summed E-state index contributed by atoms with van der Waals surface area (Å²) in [7, 11) is -0.766. The number of sulfonamides is 1. The minimum absolute atomic E-state index is 0.00927. The van der Waals surface area contributed by atoms with Crippen LogP contribution in [0.15, 0.2) is 27.9 Å². The Labute approximate surface area is 186 Å². The van der Waals surface area contributed by atoms with Crippen LogP contribution in [-0.4, -0.2) is 64.4 Å². The first-order chi connectivity index (χ1) is 15.2. The number of H-pyrrole nitrogens is 1. The molecule has 10 nitrogen and oxygen atoms in total. The number of rotatable bonds is 10. The molecule has 0 aliphatic carbocycles. The van der Waals surface area contributed by atoms with Gasteiger partial charge in [0, 0.05) is 20.6 Å². The molecule has 2 aromatic heterocycles. The molecule has 3 rings (SSSR count). The lowest BCUT2D eigenvalue weighted by molar-refractivity contribution is 0.266. The third kappa shape index (κ3) is 4.54. The number of likely N-dealkylation sites (N-methyl/N-ethyl adjacent to an activating group) is 1. The van der Waals surface area contributed by atoms with E-state index in [-0.39, 0.29) is 29.4 Å². The molecule has 0 saturated heterocycles. The predicted molar refractivity (Wildman–Crippen MR) is 121 cm³/mol. The molecule has 2 heterocycles. The maximum atomic E-state index is 12.9. The summed E-state index contributed by atoms with van der Waals surface area (Å²) in [6.07, 6.45) is 2.25. The lowest BCUT2D eigenvalue weighted by Crippen LogP contribution is -2.29. The Morgan fingerprint density at radius 2 is 2.00 bits per heavy atom. The third-order valence-corrected chi connectivity index (χ3v) is 6.89. The monoisotopic (exact) mass is 463 g/mol. The molecule has 0 spiro atoms. The van der Waals surface area contributed by atoms with Crippen molar-refractivity contribution in [2.75, 3.05) is 26.8 Å². The van der Waals surface area contributed by atoms with E-state index < -0.39 is 10.0 Å². The van der Waals surface area contributed by atoms with E-state index in [2.05, 4.69) is 15.1 Å². The van der Waals surface area contributed by atoms with Crippen LogP contribution >= 0.6 is 0 Å². The topological polar surface area (TPSA) is 130 Å². The molecule has 0 atom stereocenters. The third-order valence-electron chi connectivity index (χ3n) is 5.04. The summed E-state index contributed by atoms with van der Waals surface area (Å²) >= 11 is 0. The predicted octanol–water partition coefficient (Wildman–Crippen LogP) is 1.68. The lowest BCUT2D eigenvalue weighted by Gasteiger charge is -2.18. The number of hydrogen-bond donors (Lipinski definition) is 2. The number of nitrogens with one attached hydrogen (secondary N) is 1. The van der Waals surface area contributed by atoms with Crippen LogP contribution < -0.4 is 10.3 Å². The van der Waals surface area contributed by atoms with Crippen LogP contribution in [0.2, 0.25) is 0 Å². The van der Waals surface area contributed by atoms with E-state index in [0.717, 1.165) is 17.1 Å². The van der Waals surface area contributed by atoms with E-state index in [1.165, 1.54) is 23.9 Å². The summed E-state index contributed by atoms with van der Waals surface area (Å²) in [4.78, 5) is 20.3. The van der Waals surface area contributed by atoms with Crippen molar-refractivity contribution in [3.05, 3.63) is 34.2 Å². The number of nitrogens with zero attached hydrogens (tertiary/aromatic N) is 4. The summed E-state index contributed by atoms with van der Waals surface area (Å²) < 4.78 is 34.2. The van der Waals surface area contributed by atoms with Gasteiger partial charge in [-0.05, 0) is 31.0 Å². The maximum Gasteiger partial charge on any atom is 0.277 e. The first-order valence-corrected chi connectivity index (χ1v) is 12.0. The zero-order valence-electron chi connectivity index (χ0n) is 18.8. The second-order valence-corrected chi connectivity index (χ2v) is 9.53. The smallest absolute Gasteiger partial charge is 0.277 e. The van der Waals surface area contributed by atoms with Crippen molar-refractivity contribution in [3.63, 3.8) is 0 Å². The largest absolute Gasteiger partial charge is 0.493 e. The van der Waals surface area contributed by atoms with Crippen molar-refractivity contribution in [3.8, 4) is 17.1 Å². The van der Waals surface area contributed by atoms with Gasteiger partial charge >= 0.3 is 0 Å². The van der Waals surface area contributed by atoms with Gasteiger partial charge in [-0.15, -0.1) is 0 Å². The summed E-state index contributed by atoms with van der Waals surface area (Å²) in [6, 6.07) is 4.44. The highest BCUT2D eigenvalue weighted by Gasteiger charge is 2.24. The van der Waals surface area contributed by atoms with Crippen LogP contribution in [-0.2, 0) is 23.5 Å². The van der Waals surface area contributed by atoms with E-state index in [0.29, 0.717) is 41.1 Å². The molecule has 0 amide bonds. The molecular weight excluding hydrogens is 434 g/mol. The summed E-state index contributed by atoms with van der Waals surface area (Å²) in [5, 5.41) is 13.6. The van der Waals surface area contributed by atoms with Gasteiger partial charge in [0.05, 0.1) is 29.4 Å². The molecule has 0 fully saturated rings. The van der Waals surface area contributed by atoms with Gasteiger partial charge in [-0.3, -0.25) is 9.48 Å². The SMILES string of the molecule is CCCOc1ccc(S(=O)(=O)N(C)CCO)cc1-c1nc2c(CCC)nn(C)c2c(=O)[nH]1. The molecule has 0 aliphatic heterocycles. The van der Waals surface area contributed by atoms with Gasteiger partial charge in [-0.2, -0.15) is 9.40 Å². The first-order valence-electron chi connectivity index (χ1n) is 10.5. The minimum atomic E-state index is -3.85. The van der Waals surface area contributed by atoms with E-state index >= 15 is 0 Å². The highest BCUT2D eigenvalue weighted by Crippen LogP contribution is 2.32. The highest BCUT2D eigenvalue weighted by molar-refractivity contribution is 7.89. The number of aliphatic hydroxyl groups is 1. The average Bonchev–Trinajstić information content (AvgIpc) is 3.08. The first kappa shape index (κ1) is 23.9. The Kier molecular flexibility index (Phi) is 7.32. The van der Waals surface area contributed by atoms with Gasteiger partial charge in [0.1, 0.15) is 17.1 Å². The minimum Gasteiger partial charge on any atom is -0.493 e. The molecule has 32 heavy (non-hydrogen) atoms. The normalized spacial score (nSPS) is 12.1. The van der Waals surface area contributed by atoms with E-state index in [9.17, 15) is 13.2 Å². The van der Waals surface area contributed by atoms with Crippen LogP contribution in [0.25, 0.3) is 22.4 Å². The van der Waals surface area contributed by atoms with Crippen molar-refractivity contribution < 1.29 is 18.3 Å². The van der Waals surface area contributed by atoms with Crippen LogP contribution in [0.4, 0.5) is 0 Å². The van der Waals surface area contributed by atoms with Crippen LogP contribution in [0.3, 0.4) is 0 Å². The molecule has 0 aliphatic rings. The van der Waals surface area contributed by atoms with Gasteiger partial charge in [0.15, 0.2) is 5.52 Å². The standard InChI is InChI=1S/C21H29N5O5S/c1-5-7-16-18-19(26(4)24-16)21(28)23-20(22-18)15-13-14(8-9-17(15)31-12-6-2)32(29,30)25(3)10-11-27/h8-9,13,27H,5-7,10-12H2,1-4H3,(H,22,23,28). The van der Waals surface area contributed by atoms with Crippen molar-refractivity contribution >= 4 is 21.1 Å². The molecule has 0 radical (unpaired) electrons. The van der Waals surface area contributed by atoms with E-state index in [4.69, 9.17) is 9.84 Å². The fraction of sp³-hybridized carbons (Fsp3) is 0.476. The summed E-state index contributed by atoms with van der Waals surface area (Å²) in [5.74, 6) is 0.625. The Bertz CT molecular complexity index is 1270. The number of hydrogen-bond acceptors (Lipinski definition) is 7. The molecule has 0 saturated carbocycles. The van der Waals surface area contributed by atoms with E-state index in [1.807, 2.05) is 13.8 Å². The molecule has 2 N–H and O–H groups in total. The quantitative estimate of drug-likeness (QED) is 0.468.